The Bertz CT molecular complexity index is 56.3. The summed E-state index contributed by atoms with van der Waals surface area (Å²) in [6, 6.07) is 0. The molecular weight excluding hydrogens is 101 g/mol. The minimum atomic E-state index is -1.29. The van der Waals surface area contributed by atoms with Gasteiger partial charge in [-0.15, -0.1) is 0 Å². The fourth-order valence-electron chi connectivity index (χ4n) is 0. The van der Waals surface area contributed by atoms with Crippen LogP contribution >= 0.6 is 11.6 Å². The Morgan fingerprint density at radius 1 is 2.00 bits per heavy atom. The van der Waals surface area contributed by atoms with E-state index < -0.39 is 5.00 Å². The van der Waals surface area contributed by atoms with Gasteiger partial charge in [0.15, 0.2) is 5.00 Å². The molecule has 0 aromatic rings. The third kappa shape index (κ3) is 3.92. The lowest BCUT2D eigenvalue weighted by Crippen LogP contribution is -2.29. The molecule has 0 saturated carbocycles. The van der Waals surface area contributed by atoms with E-state index in [4.69, 9.17) is 17.3 Å². The van der Waals surface area contributed by atoms with E-state index in [1.54, 1.807) is 0 Å². The molecule has 0 bridgehead atoms. The zero-order valence-electron chi connectivity index (χ0n) is 3.36. The molecule has 0 amide bonds. The lowest BCUT2D eigenvalue weighted by atomic mass is 10.4. The van der Waals surface area contributed by atoms with Crippen LogP contribution in [0.1, 0.15) is 6.92 Å². The van der Waals surface area contributed by atoms with Crippen LogP contribution in [0, 0.1) is 0 Å². The molecule has 3 heteroatoms. The van der Waals surface area contributed by atoms with E-state index in [-0.39, 0.29) is 0 Å². The van der Waals surface area contributed by atoms with Crippen molar-refractivity contribution in [2.45, 2.75) is 11.9 Å². The lowest BCUT2D eigenvalue weighted by Gasteiger charge is -1.99. The first kappa shape index (κ1) is 5.92. The van der Waals surface area contributed by atoms with E-state index in [0.717, 1.165) is 0 Å². The molecule has 0 aromatic carbocycles. The van der Waals surface area contributed by atoms with Crippen LogP contribution in [0.4, 0.5) is 0 Å². The Morgan fingerprint density at radius 2 is 2.17 bits per heavy atom. The maximum atomic E-state index is 9.44. The average molecular weight is 107 g/mol. The number of nitrogens with two attached hydrogens (primary N) is 1. The summed E-state index contributed by atoms with van der Waals surface area (Å²) >= 11 is 5.07. The smallest absolute Gasteiger partial charge is 0.236 e. The summed E-state index contributed by atoms with van der Waals surface area (Å²) in [7, 11) is 0. The number of halogens is 1. The average Bonchev–Trinajstić information content (AvgIpc) is 1.35. The molecule has 0 aliphatic heterocycles. The van der Waals surface area contributed by atoms with Crippen molar-refractivity contribution in [1.82, 2.24) is 0 Å². The molecule has 0 fully saturated rings. The first-order valence-corrected chi connectivity index (χ1v) is 1.81. The SMILES string of the molecule is CC(N)(Cl)[C]=O. The van der Waals surface area contributed by atoms with Crippen LogP contribution in [0.5, 0.6) is 0 Å². The first-order valence-electron chi connectivity index (χ1n) is 1.43. The van der Waals surface area contributed by atoms with Crippen LogP contribution in [0.3, 0.4) is 0 Å². The van der Waals surface area contributed by atoms with Crippen molar-refractivity contribution in [3.8, 4) is 0 Å². The third-order valence-electron chi connectivity index (χ3n) is 0.200. The van der Waals surface area contributed by atoms with Crippen LogP contribution in [0.15, 0.2) is 0 Å². The van der Waals surface area contributed by atoms with Crippen molar-refractivity contribution in [1.29, 1.82) is 0 Å². The van der Waals surface area contributed by atoms with Crippen LogP contribution in [-0.4, -0.2) is 11.3 Å². The zero-order chi connectivity index (χ0) is 5.21. The lowest BCUT2D eigenvalue weighted by molar-refractivity contribution is 0.538. The predicted molar refractivity (Wildman–Crippen MR) is 24.1 cm³/mol. The maximum Gasteiger partial charge on any atom is 0.236 e. The van der Waals surface area contributed by atoms with Gasteiger partial charge in [-0.3, -0.25) is 4.79 Å². The van der Waals surface area contributed by atoms with Crippen LogP contribution < -0.4 is 5.73 Å². The number of hydrogen-bond acceptors (Lipinski definition) is 2. The van der Waals surface area contributed by atoms with Gasteiger partial charge in [0.2, 0.25) is 6.29 Å². The Labute approximate surface area is 41.3 Å². The van der Waals surface area contributed by atoms with Crippen LogP contribution in [0.2, 0.25) is 0 Å². The van der Waals surface area contributed by atoms with Crippen molar-refractivity contribution in [2.24, 2.45) is 5.73 Å². The molecule has 1 radical (unpaired) electrons. The summed E-state index contributed by atoms with van der Waals surface area (Å²) in [6.45, 7) is 1.36. The van der Waals surface area contributed by atoms with Crippen LogP contribution in [0.25, 0.3) is 0 Å². The summed E-state index contributed by atoms with van der Waals surface area (Å²) in [5, 5.41) is 0. The molecule has 0 rings (SSSR count). The number of alkyl halides is 1. The standard InChI is InChI=1S/C3H5ClNO/c1-3(4,5)2-6/h5H2,1H3. The molecule has 0 heterocycles. The van der Waals surface area contributed by atoms with Gasteiger partial charge in [-0.2, -0.15) is 0 Å². The van der Waals surface area contributed by atoms with Crippen molar-refractivity contribution in [3.63, 3.8) is 0 Å². The fraction of sp³-hybridized carbons (Fsp3) is 0.667. The monoisotopic (exact) mass is 106 g/mol. The molecule has 2 nitrogen and oxygen atoms in total. The highest BCUT2D eigenvalue weighted by Crippen LogP contribution is 1.97. The Hall–Kier alpha value is -0.0800. The topological polar surface area (TPSA) is 43.1 Å². The molecule has 0 spiro atoms. The van der Waals surface area contributed by atoms with E-state index in [0.29, 0.717) is 0 Å². The second-order valence-electron chi connectivity index (χ2n) is 1.18. The Balaban J connectivity index is 3.45. The minimum absolute atomic E-state index is 1.29. The normalized spacial score (nSPS) is 19.2. The van der Waals surface area contributed by atoms with E-state index in [9.17, 15) is 4.79 Å². The molecule has 0 aromatic heterocycles. The highest BCUT2D eigenvalue weighted by Gasteiger charge is 2.10. The number of rotatable bonds is 1. The van der Waals surface area contributed by atoms with Gasteiger partial charge in [-0.05, 0) is 6.92 Å². The van der Waals surface area contributed by atoms with Gasteiger partial charge in [-0.1, -0.05) is 11.6 Å². The molecule has 35 valence electrons. The number of carbonyl (C=O) groups excluding carboxylic acids is 1. The van der Waals surface area contributed by atoms with Gasteiger partial charge in [0.25, 0.3) is 0 Å². The van der Waals surface area contributed by atoms with Gasteiger partial charge in [0.1, 0.15) is 0 Å². The zero-order valence-corrected chi connectivity index (χ0v) is 4.12. The largest absolute Gasteiger partial charge is 0.306 e. The van der Waals surface area contributed by atoms with Crippen molar-refractivity contribution < 1.29 is 4.79 Å². The van der Waals surface area contributed by atoms with Crippen molar-refractivity contribution in [2.75, 3.05) is 0 Å². The van der Waals surface area contributed by atoms with E-state index >= 15 is 0 Å². The second-order valence-corrected chi connectivity index (χ2v) is 1.96. The Morgan fingerprint density at radius 3 is 2.17 bits per heavy atom. The Kier molecular flexibility index (Phi) is 1.56. The minimum Gasteiger partial charge on any atom is -0.306 e. The molecule has 0 saturated heterocycles. The molecular formula is C3H5ClNO. The number of hydrogen-bond donors (Lipinski definition) is 1. The summed E-state index contributed by atoms with van der Waals surface area (Å²) in [6.07, 6.45) is 1.40. The summed E-state index contributed by atoms with van der Waals surface area (Å²) in [4.78, 5) is 8.15. The molecule has 2 N–H and O–H groups in total. The second kappa shape index (κ2) is 1.58. The molecule has 1 unspecified atom stereocenters. The van der Waals surface area contributed by atoms with Crippen LogP contribution in [-0.2, 0) is 4.79 Å². The van der Waals surface area contributed by atoms with Gasteiger partial charge in [-0.25, -0.2) is 0 Å². The first-order chi connectivity index (χ1) is 2.56. The third-order valence-corrected chi connectivity index (χ3v) is 0.277. The highest BCUT2D eigenvalue weighted by molar-refractivity contribution is 6.30. The quantitative estimate of drug-likeness (QED) is 0.378. The molecule has 6 heavy (non-hydrogen) atoms. The summed E-state index contributed by atoms with van der Waals surface area (Å²) < 4.78 is 0. The fourth-order valence-corrected chi connectivity index (χ4v) is 0. The maximum absolute atomic E-state index is 9.44. The van der Waals surface area contributed by atoms with Gasteiger partial charge < -0.3 is 5.73 Å². The molecule has 0 aliphatic carbocycles. The summed E-state index contributed by atoms with van der Waals surface area (Å²) in [5.41, 5.74) is 4.88. The highest BCUT2D eigenvalue weighted by atomic mass is 35.5. The molecule has 1 atom stereocenters. The van der Waals surface area contributed by atoms with E-state index in [2.05, 4.69) is 0 Å². The van der Waals surface area contributed by atoms with Gasteiger partial charge in [0.05, 0.1) is 0 Å². The van der Waals surface area contributed by atoms with E-state index in [1.165, 1.54) is 13.2 Å². The van der Waals surface area contributed by atoms with Gasteiger partial charge in [0, 0.05) is 0 Å². The molecule has 0 aliphatic rings. The van der Waals surface area contributed by atoms with Crippen molar-refractivity contribution in [3.05, 3.63) is 0 Å². The summed E-state index contributed by atoms with van der Waals surface area (Å²) in [5.74, 6) is 0. The predicted octanol–water partition coefficient (Wildman–Crippen LogP) is 0.00980. The van der Waals surface area contributed by atoms with Crippen molar-refractivity contribution >= 4 is 17.9 Å². The van der Waals surface area contributed by atoms with Gasteiger partial charge >= 0.3 is 0 Å². The van der Waals surface area contributed by atoms with E-state index in [1.807, 2.05) is 0 Å².